The molecule has 4 rings (SSSR count). The van der Waals surface area contributed by atoms with Crippen LogP contribution < -0.4 is 11.1 Å². The smallest absolute Gasteiger partial charge is 0.255 e. The third-order valence-electron chi connectivity index (χ3n) is 6.29. The van der Waals surface area contributed by atoms with Crippen LogP contribution in [0.25, 0.3) is 0 Å². The van der Waals surface area contributed by atoms with Gasteiger partial charge in [-0.3, -0.25) is 9.59 Å². The van der Waals surface area contributed by atoms with Crippen molar-refractivity contribution in [3.05, 3.63) is 95.6 Å². The Bertz CT molecular complexity index is 1170. The molecule has 0 bridgehead atoms. The summed E-state index contributed by atoms with van der Waals surface area (Å²) in [5, 5.41) is 12.6. The van der Waals surface area contributed by atoms with E-state index in [0.29, 0.717) is 42.9 Å². The highest BCUT2D eigenvalue weighted by Gasteiger charge is 2.37. The first-order valence-electron chi connectivity index (χ1n) is 11.0. The third kappa shape index (κ3) is 4.88. The predicted molar refractivity (Wildman–Crippen MR) is 129 cm³/mol. The van der Waals surface area contributed by atoms with Crippen molar-refractivity contribution in [1.82, 2.24) is 4.90 Å². The van der Waals surface area contributed by atoms with Crippen LogP contribution in [-0.4, -0.2) is 29.8 Å². The molecule has 0 aromatic heterocycles. The molecule has 166 valence electrons. The van der Waals surface area contributed by atoms with Gasteiger partial charge in [0.15, 0.2) is 0 Å². The minimum Gasteiger partial charge on any atom is -0.397 e. The number of nitriles is 1. The van der Waals surface area contributed by atoms with Crippen molar-refractivity contribution >= 4 is 23.2 Å². The van der Waals surface area contributed by atoms with Gasteiger partial charge in [0.25, 0.3) is 5.91 Å². The Morgan fingerprint density at radius 3 is 2.21 bits per heavy atom. The van der Waals surface area contributed by atoms with E-state index in [4.69, 9.17) is 5.73 Å². The van der Waals surface area contributed by atoms with Gasteiger partial charge in [0.1, 0.15) is 0 Å². The van der Waals surface area contributed by atoms with E-state index in [-0.39, 0.29) is 18.2 Å². The number of benzene rings is 3. The summed E-state index contributed by atoms with van der Waals surface area (Å²) < 4.78 is 0. The molecule has 3 aromatic carbocycles. The van der Waals surface area contributed by atoms with E-state index < -0.39 is 5.41 Å². The summed E-state index contributed by atoms with van der Waals surface area (Å²) in [5.41, 5.74) is 8.77. The summed E-state index contributed by atoms with van der Waals surface area (Å²) in [6.07, 6.45) is 1.51. The molecular formula is C27H26N4O2. The first kappa shape index (κ1) is 22.1. The van der Waals surface area contributed by atoms with Gasteiger partial charge in [0.2, 0.25) is 5.91 Å². The van der Waals surface area contributed by atoms with Gasteiger partial charge < -0.3 is 16.0 Å². The molecular weight excluding hydrogens is 412 g/mol. The van der Waals surface area contributed by atoms with Crippen molar-refractivity contribution in [3.8, 4) is 6.07 Å². The fourth-order valence-corrected chi connectivity index (χ4v) is 4.23. The first-order valence-corrected chi connectivity index (χ1v) is 11.0. The van der Waals surface area contributed by atoms with Crippen LogP contribution in [-0.2, 0) is 16.6 Å². The van der Waals surface area contributed by atoms with E-state index in [1.165, 1.54) is 0 Å². The highest BCUT2D eigenvalue weighted by atomic mass is 16.2. The van der Waals surface area contributed by atoms with E-state index in [1.807, 2.05) is 41.3 Å². The maximum absolute atomic E-state index is 12.9. The lowest BCUT2D eigenvalue weighted by molar-refractivity contribution is -0.131. The zero-order valence-corrected chi connectivity index (χ0v) is 18.3. The standard InChI is InChI=1S/C27H26N4O2/c28-19-27(22-6-2-1-3-7-22)14-16-31(17-15-27)25(32)18-20-10-12-21(13-11-20)26(33)30-24-9-5-4-8-23(24)29/h1-13H,14-18,29H2,(H,30,33). The molecule has 0 atom stereocenters. The molecule has 3 N–H and O–H groups in total. The number of piperidine rings is 1. The highest BCUT2D eigenvalue weighted by molar-refractivity contribution is 6.05. The van der Waals surface area contributed by atoms with E-state index in [9.17, 15) is 14.9 Å². The van der Waals surface area contributed by atoms with Gasteiger partial charge in [-0.1, -0.05) is 54.6 Å². The van der Waals surface area contributed by atoms with Crippen molar-refractivity contribution in [2.24, 2.45) is 0 Å². The molecule has 0 radical (unpaired) electrons. The average molecular weight is 439 g/mol. The van der Waals surface area contributed by atoms with Crippen LogP contribution in [0.2, 0.25) is 0 Å². The molecule has 1 heterocycles. The molecule has 1 fully saturated rings. The molecule has 0 unspecified atom stereocenters. The minimum absolute atomic E-state index is 0.0314. The fourth-order valence-electron chi connectivity index (χ4n) is 4.23. The Labute approximate surface area is 193 Å². The van der Waals surface area contributed by atoms with Crippen LogP contribution in [0.4, 0.5) is 11.4 Å². The summed E-state index contributed by atoms with van der Waals surface area (Å²) in [6, 6.07) is 26.4. The molecule has 0 spiro atoms. The second kappa shape index (κ2) is 9.58. The van der Waals surface area contributed by atoms with Crippen LogP contribution >= 0.6 is 0 Å². The number of nitrogens with two attached hydrogens (primary N) is 1. The van der Waals surface area contributed by atoms with Gasteiger partial charge in [-0.15, -0.1) is 0 Å². The monoisotopic (exact) mass is 438 g/mol. The summed E-state index contributed by atoms with van der Waals surface area (Å²) >= 11 is 0. The van der Waals surface area contributed by atoms with Gasteiger partial charge >= 0.3 is 0 Å². The van der Waals surface area contributed by atoms with Gasteiger partial charge in [0, 0.05) is 18.7 Å². The number of para-hydroxylation sites is 2. The van der Waals surface area contributed by atoms with E-state index in [0.717, 1.165) is 11.1 Å². The van der Waals surface area contributed by atoms with Crippen LogP contribution in [0.15, 0.2) is 78.9 Å². The largest absolute Gasteiger partial charge is 0.397 e. The van der Waals surface area contributed by atoms with E-state index in [2.05, 4.69) is 11.4 Å². The molecule has 1 aliphatic heterocycles. The summed E-state index contributed by atoms with van der Waals surface area (Å²) in [6.45, 7) is 1.11. The third-order valence-corrected chi connectivity index (χ3v) is 6.29. The Kier molecular flexibility index (Phi) is 6.41. The highest BCUT2D eigenvalue weighted by Crippen LogP contribution is 2.35. The van der Waals surface area contributed by atoms with Gasteiger partial charge in [0.05, 0.1) is 29.3 Å². The van der Waals surface area contributed by atoms with Gasteiger partial charge in [-0.25, -0.2) is 0 Å². The van der Waals surface area contributed by atoms with Crippen molar-refractivity contribution in [2.45, 2.75) is 24.7 Å². The zero-order valence-electron chi connectivity index (χ0n) is 18.3. The molecule has 0 aliphatic carbocycles. The number of anilines is 2. The van der Waals surface area contributed by atoms with Gasteiger partial charge in [-0.05, 0) is 48.2 Å². The van der Waals surface area contributed by atoms with E-state index in [1.54, 1.807) is 42.5 Å². The predicted octanol–water partition coefficient (Wildman–Crippen LogP) is 4.15. The molecule has 3 aromatic rings. The topological polar surface area (TPSA) is 99.2 Å². The van der Waals surface area contributed by atoms with Crippen LogP contribution in [0, 0.1) is 11.3 Å². The van der Waals surface area contributed by atoms with Crippen molar-refractivity contribution in [2.75, 3.05) is 24.1 Å². The number of carbonyl (C=O) groups excluding carboxylic acids is 2. The van der Waals surface area contributed by atoms with Crippen LogP contribution in [0.3, 0.4) is 0 Å². The van der Waals surface area contributed by atoms with Crippen molar-refractivity contribution < 1.29 is 9.59 Å². The molecule has 1 saturated heterocycles. The quantitative estimate of drug-likeness (QED) is 0.585. The number of amides is 2. The molecule has 2 amide bonds. The van der Waals surface area contributed by atoms with Crippen molar-refractivity contribution in [3.63, 3.8) is 0 Å². The molecule has 33 heavy (non-hydrogen) atoms. The van der Waals surface area contributed by atoms with Gasteiger partial charge in [-0.2, -0.15) is 5.26 Å². The maximum Gasteiger partial charge on any atom is 0.255 e. The maximum atomic E-state index is 12.9. The number of nitrogens with zero attached hydrogens (tertiary/aromatic N) is 2. The Balaban J connectivity index is 1.34. The lowest BCUT2D eigenvalue weighted by Gasteiger charge is -2.37. The lowest BCUT2D eigenvalue weighted by Crippen LogP contribution is -2.45. The van der Waals surface area contributed by atoms with E-state index >= 15 is 0 Å². The van der Waals surface area contributed by atoms with Crippen LogP contribution in [0.5, 0.6) is 0 Å². The number of hydrogen-bond donors (Lipinski definition) is 2. The fraction of sp³-hybridized carbons (Fsp3) is 0.222. The number of rotatable bonds is 5. The summed E-state index contributed by atoms with van der Waals surface area (Å²) in [5.74, 6) is -0.223. The summed E-state index contributed by atoms with van der Waals surface area (Å²) in [7, 11) is 0. The normalized spacial score (nSPS) is 14.8. The minimum atomic E-state index is -0.533. The molecule has 6 nitrogen and oxygen atoms in total. The SMILES string of the molecule is N#CC1(c2ccccc2)CCN(C(=O)Cc2ccc(C(=O)Nc3ccccc3N)cc2)CC1. The Morgan fingerprint density at radius 2 is 1.58 bits per heavy atom. The lowest BCUT2D eigenvalue weighted by atomic mass is 9.74. The number of nitrogen functional groups attached to an aromatic ring is 1. The number of carbonyl (C=O) groups is 2. The number of likely N-dealkylation sites (tertiary alicyclic amines) is 1. The Morgan fingerprint density at radius 1 is 0.939 bits per heavy atom. The summed E-state index contributed by atoms with van der Waals surface area (Å²) in [4.78, 5) is 27.2. The number of hydrogen-bond acceptors (Lipinski definition) is 4. The van der Waals surface area contributed by atoms with Crippen molar-refractivity contribution in [1.29, 1.82) is 5.26 Å². The average Bonchev–Trinajstić information content (AvgIpc) is 2.86. The molecule has 6 heteroatoms. The Hall–Kier alpha value is -4.11. The second-order valence-corrected chi connectivity index (χ2v) is 8.36. The second-order valence-electron chi connectivity index (χ2n) is 8.36. The van der Waals surface area contributed by atoms with Crippen LogP contribution in [0.1, 0.15) is 34.3 Å². The molecule has 1 aliphatic rings. The number of nitrogens with one attached hydrogen (secondary N) is 1. The molecule has 0 saturated carbocycles. The zero-order chi connectivity index (χ0) is 23.3. The first-order chi connectivity index (χ1) is 16.0.